The van der Waals surface area contributed by atoms with Gasteiger partial charge in [0.15, 0.2) is 9.84 Å². The number of benzene rings is 1. The van der Waals surface area contributed by atoms with Gasteiger partial charge >= 0.3 is 0 Å². The lowest BCUT2D eigenvalue weighted by Gasteiger charge is -2.12. The van der Waals surface area contributed by atoms with Gasteiger partial charge in [0.25, 0.3) is 0 Å². The number of sulfone groups is 1. The molecule has 88 valence electrons. The second-order valence-corrected chi connectivity index (χ2v) is 6.85. The highest BCUT2D eigenvalue weighted by Gasteiger charge is 2.45. The lowest BCUT2D eigenvalue weighted by atomic mass is 10.1. The average molecular weight is 260 g/mol. The Morgan fingerprint density at radius 2 is 2.06 bits per heavy atom. The number of rotatable bonds is 4. The zero-order valence-electron chi connectivity index (χ0n) is 8.82. The lowest BCUT2D eigenvalue weighted by Crippen LogP contribution is -2.25. The molecule has 0 bridgehead atoms. The summed E-state index contributed by atoms with van der Waals surface area (Å²) in [6, 6.07) is 6.38. The molecule has 2 N–H and O–H groups in total. The first-order valence-corrected chi connectivity index (χ1v) is 7.19. The fraction of sp³-hybridized carbons (Fsp3) is 0.455. The van der Waals surface area contributed by atoms with Gasteiger partial charge in [0.2, 0.25) is 0 Å². The SMILES string of the molecule is NCC1(CS(=O)(=O)c2cccc(Cl)c2)CC1. The normalized spacial score (nSPS) is 18.4. The van der Waals surface area contributed by atoms with E-state index in [-0.39, 0.29) is 11.2 Å². The van der Waals surface area contributed by atoms with Crippen LogP contribution in [0.2, 0.25) is 5.02 Å². The van der Waals surface area contributed by atoms with Gasteiger partial charge in [-0.1, -0.05) is 17.7 Å². The standard InChI is InChI=1S/C11H14ClNO2S/c12-9-2-1-3-10(6-9)16(14,15)8-11(7-13)4-5-11/h1-3,6H,4-5,7-8,13H2. The van der Waals surface area contributed by atoms with Gasteiger partial charge in [-0.05, 0) is 43.0 Å². The predicted molar refractivity (Wildman–Crippen MR) is 64.2 cm³/mol. The molecule has 3 nitrogen and oxygen atoms in total. The number of halogens is 1. The molecule has 1 saturated carbocycles. The second kappa shape index (κ2) is 4.02. The van der Waals surface area contributed by atoms with Crippen LogP contribution in [0.4, 0.5) is 0 Å². The van der Waals surface area contributed by atoms with E-state index in [9.17, 15) is 8.42 Å². The Morgan fingerprint density at radius 3 is 2.56 bits per heavy atom. The van der Waals surface area contributed by atoms with Crippen LogP contribution in [-0.4, -0.2) is 20.7 Å². The van der Waals surface area contributed by atoms with Gasteiger partial charge in [0.05, 0.1) is 10.6 Å². The molecule has 1 fully saturated rings. The minimum atomic E-state index is -3.25. The molecule has 0 radical (unpaired) electrons. The van der Waals surface area contributed by atoms with Crippen molar-refractivity contribution in [2.75, 3.05) is 12.3 Å². The van der Waals surface area contributed by atoms with Gasteiger partial charge in [-0.15, -0.1) is 0 Å². The molecule has 1 aromatic rings. The summed E-state index contributed by atoms with van der Waals surface area (Å²) in [5, 5.41) is 0.443. The molecule has 2 rings (SSSR count). The molecule has 0 saturated heterocycles. The number of hydrogen-bond acceptors (Lipinski definition) is 3. The molecule has 0 amide bonds. The van der Waals surface area contributed by atoms with Crippen LogP contribution < -0.4 is 5.73 Å². The highest BCUT2D eigenvalue weighted by Crippen LogP contribution is 2.46. The molecule has 0 heterocycles. The summed E-state index contributed by atoms with van der Waals surface area (Å²) in [7, 11) is -3.25. The van der Waals surface area contributed by atoms with E-state index in [1.807, 2.05) is 0 Å². The van der Waals surface area contributed by atoms with Crippen LogP contribution in [0.3, 0.4) is 0 Å². The molecule has 1 aliphatic carbocycles. The van der Waals surface area contributed by atoms with Gasteiger partial charge in [0, 0.05) is 5.02 Å². The summed E-state index contributed by atoms with van der Waals surface area (Å²) in [4.78, 5) is 0.291. The highest BCUT2D eigenvalue weighted by molar-refractivity contribution is 7.91. The van der Waals surface area contributed by atoms with Crippen LogP contribution in [0.15, 0.2) is 29.2 Å². The van der Waals surface area contributed by atoms with Crippen molar-refractivity contribution in [3.63, 3.8) is 0 Å². The van der Waals surface area contributed by atoms with Gasteiger partial charge < -0.3 is 5.73 Å². The zero-order valence-corrected chi connectivity index (χ0v) is 10.4. The molecular weight excluding hydrogens is 246 g/mol. The van der Waals surface area contributed by atoms with Crippen LogP contribution in [0.25, 0.3) is 0 Å². The molecule has 0 unspecified atom stereocenters. The Labute approximate surface area is 101 Å². The van der Waals surface area contributed by atoms with E-state index < -0.39 is 9.84 Å². The maximum atomic E-state index is 12.1. The molecule has 16 heavy (non-hydrogen) atoms. The van der Waals surface area contributed by atoms with Crippen LogP contribution in [-0.2, 0) is 9.84 Å². The highest BCUT2D eigenvalue weighted by atomic mass is 35.5. The monoisotopic (exact) mass is 259 g/mol. The van der Waals surface area contributed by atoms with E-state index in [0.717, 1.165) is 12.8 Å². The Bertz CT molecular complexity index is 494. The maximum Gasteiger partial charge on any atom is 0.179 e. The summed E-state index contributed by atoms with van der Waals surface area (Å²) in [5.41, 5.74) is 5.41. The van der Waals surface area contributed by atoms with Crippen molar-refractivity contribution in [3.8, 4) is 0 Å². The topological polar surface area (TPSA) is 60.2 Å². The fourth-order valence-electron chi connectivity index (χ4n) is 1.73. The first-order valence-electron chi connectivity index (χ1n) is 5.16. The van der Waals surface area contributed by atoms with Crippen LogP contribution in [0, 0.1) is 5.41 Å². The number of hydrogen-bond donors (Lipinski definition) is 1. The van der Waals surface area contributed by atoms with E-state index in [4.69, 9.17) is 17.3 Å². The van der Waals surface area contributed by atoms with E-state index in [2.05, 4.69) is 0 Å². The largest absolute Gasteiger partial charge is 0.330 e. The summed E-state index contributed by atoms with van der Waals surface area (Å²) >= 11 is 5.78. The summed E-state index contributed by atoms with van der Waals surface area (Å²) in [5.74, 6) is 0.136. The molecule has 5 heteroatoms. The molecular formula is C11H14ClNO2S. The first kappa shape index (κ1) is 11.9. The lowest BCUT2D eigenvalue weighted by molar-refractivity contribution is 0.547. The zero-order chi connectivity index (χ0) is 11.8. The number of nitrogens with two attached hydrogens (primary N) is 1. The fourth-order valence-corrected chi connectivity index (χ4v) is 3.96. The third-order valence-electron chi connectivity index (χ3n) is 3.04. The van der Waals surface area contributed by atoms with Crippen molar-refractivity contribution in [1.29, 1.82) is 0 Å². The summed E-state index contributed by atoms with van der Waals surface area (Å²) in [6.07, 6.45) is 1.81. The first-order chi connectivity index (χ1) is 7.47. The Kier molecular flexibility index (Phi) is 2.99. The van der Waals surface area contributed by atoms with E-state index >= 15 is 0 Å². The van der Waals surface area contributed by atoms with E-state index in [1.165, 1.54) is 6.07 Å². The van der Waals surface area contributed by atoms with Crippen LogP contribution in [0.1, 0.15) is 12.8 Å². The van der Waals surface area contributed by atoms with Crippen LogP contribution in [0.5, 0.6) is 0 Å². The smallest absolute Gasteiger partial charge is 0.179 e. The maximum absolute atomic E-state index is 12.1. The van der Waals surface area contributed by atoms with Crippen LogP contribution >= 0.6 is 11.6 Å². The van der Waals surface area contributed by atoms with E-state index in [0.29, 0.717) is 16.5 Å². The van der Waals surface area contributed by atoms with Crippen molar-refractivity contribution in [2.24, 2.45) is 11.1 Å². The van der Waals surface area contributed by atoms with Crippen molar-refractivity contribution in [2.45, 2.75) is 17.7 Å². The molecule has 1 aliphatic rings. The molecule has 0 aliphatic heterocycles. The Balaban J connectivity index is 2.26. The Hall–Kier alpha value is -0.580. The van der Waals surface area contributed by atoms with Gasteiger partial charge in [0.1, 0.15) is 0 Å². The minimum Gasteiger partial charge on any atom is -0.330 e. The van der Waals surface area contributed by atoms with Crippen molar-refractivity contribution >= 4 is 21.4 Å². The van der Waals surface area contributed by atoms with Gasteiger partial charge in [-0.3, -0.25) is 0 Å². The quantitative estimate of drug-likeness (QED) is 0.898. The van der Waals surface area contributed by atoms with Gasteiger partial charge in [-0.2, -0.15) is 0 Å². The van der Waals surface area contributed by atoms with Gasteiger partial charge in [-0.25, -0.2) is 8.42 Å². The van der Waals surface area contributed by atoms with Crippen molar-refractivity contribution in [1.82, 2.24) is 0 Å². The summed E-state index contributed by atoms with van der Waals surface area (Å²) < 4.78 is 24.2. The third-order valence-corrected chi connectivity index (χ3v) is 5.24. The predicted octanol–water partition coefficient (Wildman–Crippen LogP) is 1.85. The average Bonchev–Trinajstić information content (AvgIpc) is 2.98. The minimum absolute atomic E-state index is 0.136. The molecule has 1 aromatic carbocycles. The molecule has 0 atom stereocenters. The second-order valence-electron chi connectivity index (χ2n) is 4.42. The van der Waals surface area contributed by atoms with E-state index in [1.54, 1.807) is 18.2 Å². The third kappa shape index (κ3) is 2.39. The van der Waals surface area contributed by atoms with Crippen molar-refractivity contribution < 1.29 is 8.42 Å². The summed E-state index contributed by atoms with van der Waals surface area (Å²) in [6.45, 7) is 0.437. The van der Waals surface area contributed by atoms with Crippen molar-refractivity contribution in [3.05, 3.63) is 29.3 Å². The Morgan fingerprint density at radius 1 is 1.38 bits per heavy atom. The molecule has 0 spiro atoms. The molecule has 0 aromatic heterocycles.